The van der Waals surface area contributed by atoms with Gasteiger partial charge in [0.2, 0.25) is 0 Å². The lowest BCUT2D eigenvalue weighted by molar-refractivity contribution is -0.0669. The lowest BCUT2D eigenvalue weighted by Gasteiger charge is -2.41. The van der Waals surface area contributed by atoms with Crippen molar-refractivity contribution >= 4 is 0 Å². The van der Waals surface area contributed by atoms with Crippen molar-refractivity contribution in [1.29, 1.82) is 0 Å². The van der Waals surface area contributed by atoms with Gasteiger partial charge in [-0.25, -0.2) is 9.07 Å². The second-order valence-electron chi connectivity index (χ2n) is 6.08. The van der Waals surface area contributed by atoms with Crippen LogP contribution in [0.2, 0.25) is 0 Å². The predicted octanol–water partition coefficient (Wildman–Crippen LogP) is 1.77. The Morgan fingerprint density at radius 1 is 1.43 bits per heavy atom. The van der Waals surface area contributed by atoms with Crippen molar-refractivity contribution in [2.45, 2.75) is 31.7 Å². The third-order valence-electron chi connectivity index (χ3n) is 4.64. The second-order valence-corrected chi connectivity index (χ2v) is 6.08. The quantitative estimate of drug-likeness (QED) is 0.863. The van der Waals surface area contributed by atoms with Gasteiger partial charge in [0.15, 0.2) is 11.6 Å². The number of nitrogens with zero attached hydrogens (tertiary/aromatic N) is 4. The summed E-state index contributed by atoms with van der Waals surface area (Å²) in [5.41, 5.74) is 1.96. The Morgan fingerprint density at radius 3 is 3.17 bits per heavy atom. The van der Waals surface area contributed by atoms with E-state index in [0.717, 1.165) is 30.8 Å². The number of halogens is 1. The highest BCUT2D eigenvalue weighted by molar-refractivity contribution is 5.29. The van der Waals surface area contributed by atoms with E-state index in [1.165, 1.54) is 7.11 Å². The number of methoxy groups -OCH3 is 1. The minimum absolute atomic E-state index is 0.179. The molecule has 0 amide bonds. The molecule has 2 aliphatic rings. The van der Waals surface area contributed by atoms with Gasteiger partial charge in [0.05, 0.1) is 37.8 Å². The van der Waals surface area contributed by atoms with Gasteiger partial charge in [-0.3, -0.25) is 4.90 Å². The molecule has 2 aromatic rings. The summed E-state index contributed by atoms with van der Waals surface area (Å²) in [6.07, 6.45) is 2.89. The minimum atomic E-state index is -0.320. The predicted molar refractivity (Wildman–Crippen MR) is 80.5 cm³/mol. The summed E-state index contributed by atoms with van der Waals surface area (Å²) in [4.78, 5) is 2.31. The summed E-state index contributed by atoms with van der Waals surface area (Å²) in [6, 6.07) is 5.31. The van der Waals surface area contributed by atoms with E-state index in [1.807, 2.05) is 10.7 Å². The van der Waals surface area contributed by atoms with Crippen LogP contribution in [0.5, 0.6) is 5.75 Å². The zero-order valence-corrected chi connectivity index (χ0v) is 13.0. The first-order valence-electron chi connectivity index (χ1n) is 7.80. The normalized spacial score (nSPS) is 24.1. The molecule has 0 unspecified atom stereocenters. The third kappa shape index (κ3) is 2.70. The summed E-state index contributed by atoms with van der Waals surface area (Å²) in [7, 11) is 1.47. The number of fused-ring (bicyclic) bond motifs is 3. The molecule has 0 radical (unpaired) electrons. The smallest absolute Gasteiger partial charge is 0.165 e. The molecular formula is C16H19FN4O2. The SMILES string of the molecule is COc1ccc(CN2CC[C@@H]3OCc4cnnn4[C@@H]3C2)cc1F. The van der Waals surface area contributed by atoms with Gasteiger partial charge in [-0.05, 0) is 24.1 Å². The molecule has 7 heteroatoms. The molecule has 1 saturated heterocycles. The van der Waals surface area contributed by atoms with Crippen LogP contribution in [0.1, 0.15) is 23.7 Å². The van der Waals surface area contributed by atoms with Crippen LogP contribution in [0.3, 0.4) is 0 Å². The van der Waals surface area contributed by atoms with E-state index in [4.69, 9.17) is 9.47 Å². The molecule has 2 atom stereocenters. The number of rotatable bonds is 3. The van der Waals surface area contributed by atoms with Gasteiger partial charge >= 0.3 is 0 Å². The van der Waals surface area contributed by atoms with Crippen molar-refractivity contribution in [2.75, 3.05) is 20.2 Å². The van der Waals surface area contributed by atoms with Crippen molar-refractivity contribution in [2.24, 2.45) is 0 Å². The first-order valence-corrected chi connectivity index (χ1v) is 7.80. The number of ether oxygens (including phenoxy) is 2. The largest absolute Gasteiger partial charge is 0.494 e. The monoisotopic (exact) mass is 318 g/mol. The van der Waals surface area contributed by atoms with Crippen molar-refractivity contribution in [3.05, 3.63) is 41.5 Å². The maximum atomic E-state index is 13.8. The first-order chi connectivity index (χ1) is 11.2. The van der Waals surface area contributed by atoms with Crippen LogP contribution in [0.4, 0.5) is 4.39 Å². The molecule has 4 rings (SSSR count). The molecule has 2 aliphatic heterocycles. The summed E-state index contributed by atoms with van der Waals surface area (Å²) < 4.78 is 26.7. The van der Waals surface area contributed by atoms with Gasteiger partial charge < -0.3 is 9.47 Å². The van der Waals surface area contributed by atoms with E-state index in [-0.39, 0.29) is 23.7 Å². The topological polar surface area (TPSA) is 52.4 Å². The minimum Gasteiger partial charge on any atom is -0.494 e. The second kappa shape index (κ2) is 5.90. The molecule has 0 aliphatic carbocycles. The lowest BCUT2D eigenvalue weighted by atomic mass is 10.00. The lowest BCUT2D eigenvalue weighted by Crippen LogP contribution is -2.47. The summed E-state index contributed by atoms with van der Waals surface area (Å²) >= 11 is 0. The highest BCUT2D eigenvalue weighted by Crippen LogP contribution is 2.30. The van der Waals surface area contributed by atoms with Crippen molar-refractivity contribution < 1.29 is 13.9 Å². The molecule has 0 spiro atoms. The average Bonchev–Trinajstić information content (AvgIpc) is 3.04. The van der Waals surface area contributed by atoms with E-state index in [0.29, 0.717) is 13.2 Å². The Hall–Kier alpha value is -1.99. The van der Waals surface area contributed by atoms with Crippen LogP contribution < -0.4 is 4.74 Å². The Labute approximate surface area is 133 Å². The van der Waals surface area contributed by atoms with E-state index in [2.05, 4.69) is 15.2 Å². The highest BCUT2D eigenvalue weighted by Gasteiger charge is 2.36. The molecule has 1 aromatic heterocycles. The van der Waals surface area contributed by atoms with Gasteiger partial charge in [0.25, 0.3) is 0 Å². The van der Waals surface area contributed by atoms with E-state index in [9.17, 15) is 4.39 Å². The van der Waals surface area contributed by atoms with Crippen LogP contribution in [-0.2, 0) is 17.9 Å². The molecular weight excluding hydrogens is 299 g/mol. The van der Waals surface area contributed by atoms with Crippen molar-refractivity contribution in [1.82, 2.24) is 19.9 Å². The number of likely N-dealkylation sites (tertiary alicyclic amines) is 1. The Kier molecular flexibility index (Phi) is 3.74. The summed E-state index contributed by atoms with van der Waals surface area (Å²) in [6.45, 7) is 3.04. The van der Waals surface area contributed by atoms with Crippen LogP contribution in [0.25, 0.3) is 0 Å². The molecule has 0 saturated carbocycles. The number of benzene rings is 1. The Morgan fingerprint density at radius 2 is 2.35 bits per heavy atom. The Bertz CT molecular complexity index is 705. The van der Waals surface area contributed by atoms with Gasteiger partial charge in [-0.2, -0.15) is 0 Å². The molecule has 122 valence electrons. The van der Waals surface area contributed by atoms with Gasteiger partial charge in [-0.1, -0.05) is 11.3 Å². The molecule has 1 aromatic carbocycles. The van der Waals surface area contributed by atoms with Crippen molar-refractivity contribution in [3.8, 4) is 5.75 Å². The van der Waals surface area contributed by atoms with Crippen LogP contribution in [-0.4, -0.2) is 46.2 Å². The zero-order valence-electron chi connectivity index (χ0n) is 13.0. The Balaban J connectivity index is 1.49. The first kappa shape index (κ1) is 14.6. The third-order valence-corrected chi connectivity index (χ3v) is 4.64. The van der Waals surface area contributed by atoms with E-state index >= 15 is 0 Å². The average molecular weight is 318 g/mol. The fourth-order valence-electron chi connectivity index (χ4n) is 3.45. The van der Waals surface area contributed by atoms with Crippen LogP contribution in [0, 0.1) is 5.82 Å². The number of hydrogen-bond donors (Lipinski definition) is 0. The maximum Gasteiger partial charge on any atom is 0.165 e. The molecule has 3 heterocycles. The fraction of sp³-hybridized carbons (Fsp3) is 0.500. The van der Waals surface area contributed by atoms with Crippen molar-refractivity contribution in [3.63, 3.8) is 0 Å². The summed E-state index contributed by atoms with van der Waals surface area (Å²) in [5, 5.41) is 8.19. The molecule has 1 fully saturated rings. The van der Waals surface area contributed by atoms with E-state index in [1.54, 1.807) is 18.3 Å². The maximum absolute atomic E-state index is 13.8. The van der Waals surface area contributed by atoms with Gasteiger partial charge in [0.1, 0.15) is 0 Å². The van der Waals surface area contributed by atoms with Crippen LogP contribution in [0.15, 0.2) is 24.4 Å². The molecule has 23 heavy (non-hydrogen) atoms. The molecule has 0 N–H and O–H groups in total. The van der Waals surface area contributed by atoms with Gasteiger partial charge in [0, 0.05) is 19.6 Å². The number of hydrogen-bond acceptors (Lipinski definition) is 5. The molecule has 6 nitrogen and oxygen atoms in total. The molecule has 0 bridgehead atoms. The van der Waals surface area contributed by atoms with Crippen LogP contribution >= 0.6 is 0 Å². The zero-order chi connectivity index (χ0) is 15.8. The number of piperidine rings is 1. The fourth-order valence-corrected chi connectivity index (χ4v) is 3.45. The van der Waals surface area contributed by atoms with E-state index < -0.39 is 0 Å². The standard InChI is InChI=1S/C16H19FN4O2/c1-22-15-3-2-11(6-13(15)17)8-20-5-4-16-14(9-20)21-12(10-23-16)7-18-19-21/h2-3,6-7,14,16H,4-5,8-10H2,1H3/t14-,16+/m1/s1. The van der Waals surface area contributed by atoms with Gasteiger partial charge in [-0.15, -0.1) is 5.10 Å². The summed E-state index contributed by atoms with van der Waals surface area (Å²) in [5.74, 6) is -0.0418. The highest BCUT2D eigenvalue weighted by atomic mass is 19.1. The number of aromatic nitrogens is 3.